The van der Waals surface area contributed by atoms with Crippen LogP contribution in [0.25, 0.3) is 0 Å². The molecule has 1 aliphatic heterocycles. The summed E-state index contributed by atoms with van der Waals surface area (Å²) in [6.45, 7) is 1.97. The lowest BCUT2D eigenvalue weighted by Gasteiger charge is -2.33. The van der Waals surface area contributed by atoms with Crippen molar-refractivity contribution in [3.8, 4) is 0 Å². The van der Waals surface area contributed by atoms with E-state index in [2.05, 4.69) is 25.8 Å². The number of methoxy groups -OCH3 is 1. The molecule has 0 bridgehead atoms. The van der Waals surface area contributed by atoms with Gasteiger partial charge in [0.2, 0.25) is 0 Å². The van der Waals surface area contributed by atoms with E-state index < -0.39 is 0 Å². The molecule has 1 fully saturated rings. The van der Waals surface area contributed by atoms with Crippen LogP contribution in [-0.2, 0) is 10.6 Å². The van der Waals surface area contributed by atoms with Gasteiger partial charge in [0.05, 0.1) is 12.0 Å². The Morgan fingerprint density at radius 3 is 2.82 bits per heavy atom. The third-order valence-electron chi connectivity index (χ3n) is 3.13. The molecule has 0 saturated carbocycles. The number of pyridine rings is 1. The van der Waals surface area contributed by atoms with Crippen molar-refractivity contribution in [3.05, 3.63) is 22.3 Å². The number of aromatic nitrogens is 1. The fraction of sp³-hybridized carbons (Fsp3) is 0.583. The molecule has 0 N–H and O–H groups in total. The van der Waals surface area contributed by atoms with E-state index in [0.717, 1.165) is 41.8 Å². The molecule has 94 valence electrons. The van der Waals surface area contributed by atoms with Crippen LogP contribution in [0, 0.1) is 0 Å². The molecule has 1 aromatic rings. The van der Waals surface area contributed by atoms with Gasteiger partial charge in [-0.05, 0) is 34.8 Å². The molecule has 0 amide bonds. The molecule has 1 aliphatic rings. The van der Waals surface area contributed by atoms with Crippen molar-refractivity contribution in [1.29, 1.82) is 0 Å². The third kappa shape index (κ3) is 3.12. The highest BCUT2D eigenvalue weighted by atomic mass is 79.9. The lowest BCUT2D eigenvalue weighted by Crippen LogP contribution is -2.37. The van der Waals surface area contributed by atoms with Crippen molar-refractivity contribution < 1.29 is 4.74 Å². The van der Waals surface area contributed by atoms with Crippen LogP contribution < -0.4 is 4.90 Å². The molecular weight excluding hydrogens is 304 g/mol. The normalized spacial score (nSPS) is 17.5. The lowest BCUT2D eigenvalue weighted by atomic mass is 10.1. The number of rotatable bonds is 3. The average molecular weight is 320 g/mol. The van der Waals surface area contributed by atoms with E-state index in [-0.39, 0.29) is 0 Å². The van der Waals surface area contributed by atoms with E-state index in [1.165, 1.54) is 0 Å². The second-order valence-electron chi connectivity index (χ2n) is 4.19. The topological polar surface area (TPSA) is 25.4 Å². The highest BCUT2D eigenvalue weighted by molar-refractivity contribution is 9.10. The quantitative estimate of drug-likeness (QED) is 0.800. The zero-order valence-electron chi connectivity index (χ0n) is 9.83. The maximum Gasteiger partial charge on any atom is 0.133 e. The number of alkyl halides is 1. The van der Waals surface area contributed by atoms with E-state index in [0.29, 0.717) is 12.0 Å². The number of hydrogen-bond donors (Lipinski definition) is 0. The van der Waals surface area contributed by atoms with E-state index in [4.69, 9.17) is 16.3 Å². The van der Waals surface area contributed by atoms with Crippen LogP contribution >= 0.6 is 27.5 Å². The van der Waals surface area contributed by atoms with Crippen LogP contribution in [-0.4, -0.2) is 31.3 Å². The van der Waals surface area contributed by atoms with Gasteiger partial charge in [-0.1, -0.05) is 0 Å². The summed E-state index contributed by atoms with van der Waals surface area (Å²) in [4.78, 5) is 6.77. The number of piperidine rings is 1. The Hall–Kier alpha value is -0.320. The first-order chi connectivity index (χ1) is 8.24. The van der Waals surface area contributed by atoms with Gasteiger partial charge in [-0.15, -0.1) is 11.6 Å². The summed E-state index contributed by atoms with van der Waals surface area (Å²) in [5, 5.41) is 0. The molecule has 0 aromatic carbocycles. The monoisotopic (exact) mass is 318 g/mol. The highest BCUT2D eigenvalue weighted by Crippen LogP contribution is 2.26. The summed E-state index contributed by atoms with van der Waals surface area (Å²) < 4.78 is 6.35. The van der Waals surface area contributed by atoms with Crippen LogP contribution in [0.2, 0.25) is 0 Å². The summed E-state index contributed by atoms with van der Waals surface area (Å²) in [6, 6.07) is 2.04. The molecule has 0 radical (unpaired) electrons. The van der Waals surface area contributed by atoms with E-state index >= 15 is 0 Å². The molecule has 0 aliphatic carbocycles. The molecule has 5 heteroatoms. The van der Waals surface area contributed by atoms with Gasteiger partial charge < -0.3 is 9.64 Å². The van der Waals surface area contributed by atoms with E-state index in [1.807, 2.05) is 12.3 Å². The Morgan fingerprint density at radius 2 is 2.24 bits per heavy atom. The fourth-order valence-electron chi connectivity index (χ4n) is 2.16. The Labute approximate surface area is 115 Å². The second-order valence-corrected chi connectivity index (χ2v) is 5.37. The van der Waals surface area contributed by atoms with Crippen LogP contribution in [0.15, 0.2) is 16.7 Å². The van der Waals surface area contributed by atoms with Crippen LogP contribution in [0.4, 0.5) is 5.82 Å². The predicted molar refractivity (Wildman–Crippen MR) is 73.7 cm³/mol. The molecular formula is C12H16BrClN2O. The first-order valence-corrected chi connectivity index (χ1v) is 7.05. The Balaban J connectivity index is 2.12. The van der Waals surface area contributed by atoms with Gasteiger partial charge in [0.15, 0.2) is 0 Å². The maximum atomic E-state index is 5.97. The molecule has 3 nitrogen and oxygen atoms in total. The summed E-state index contributed by atoms with van der Waals surface area (Å²) in [5.74, 6) is 1.50. The van der Waals surface area contributed by atoms with Crippen LogP contribution in [0.5, 0.6) is 0 Å². The second kappa shape index (κ2) is 6.03. The molecule has 0 spiro atoms. The average Bonchev–Trinajstić information content (AvgIpc) is 2.39. The predicted octanol–water partition coefficient (Wildman–Crippen LogP) is 3.20. The van der Waals surface area contributed by atoms with Gasteiger partial charge in [-0.25, -0.2) is 4.98 Å². The molecule has 1 aromatic heterocycles. The number of anilines is 1. The zero-order valence-corrected chi connectivity index (χ0v) is 12.2. The van der Waals surface area contributed by atoms with Gasteiger partial charge in [0, 0.05) is 36.4 Å². The molecule has 2 heterocycles. The van der Waals surface area contributed by atoms with Gasteiger partial charge in [0.1, 0.15) is 5.82 Å². The molecule has 1 saturated heterocycles. The van der Waals surface area contributed by atoms with Crippen molar-refractivity contribution in [1.82, 2.24) is 4.98 Å². The Morgan fingerprint density at radius 1 is 1.53 bits per heavy atom. The maximum absolute atomic E-state index is 5.97. The van der Waals surface area contributed by atoms with Gasteiger partial charge >= 0.3 is 0 Å². The van der Waals surface area contributed by atoms with Crippen molar-refractivity contribution in [2.24, 2.45) is 0 Å². The summed E-state index contributed by atoms with van der Waals surface area (Å²) in [6.07, 6.45) is 4.32. The number of hydrogen-bond acceptors (Lipinski definition) is 3. The summed E-state index contributed by atoms with van der Waals surface area (Å²) in [5.41, 5.74) is 1.08. The highest BCUT2D eigenvalue weighted by Gasteiger charge is 2.21. The van der Waals surface area contributed by atoms with E-state index in [1.54, 1.807) is 7.11 Å². The smallest absolute Gasteiger partial charge is 0.133 e. The molecule has 17 heavy (non-hydrogen) atoms. The zero-order chi connectivity index (χ0) is 12.3. The summed E-state index contributed by atoms with van der Waals surface area (Å²) >= 11 is 9.39. The van der Waals surface area contributed by atoms with Crippen LogP contribution in [0.1, 0.15) is 18.4 Å². The standard InChI is InChI=1S/C12H16BrClN2O/c1-17-11-2-4-16(5-3-11)12-9(7-14)6-10(13)8-15-12/h6,8,11H,2-5,7H2,1H3. The number of ether oxygens (including phenoxy) is 1. The first kappa shape index (κ1) is 13.1. The summed E-state index contributed by atoms with van der Waals surface area (Å²) in [7, 11) is 1.78. The number of halogens is 2. The van der Waals surface area contributed by atoms with Gasteiger partial charge in [0.25, 0.3) is 0 Å². The van der Waals surface area contributed by atoms with Crippen LogP contribution in [0.3, 0.4) is 0 Å². The van der Waals surface area contributed by atoms with Gasteiger partial charge in [-0.2, -0.15) is 0 Å². The molecule has 0 unspecified atom stereocenters. The van der Waals surface area contributed by atoms with Crippen molar-refractivity contribution in [2.45, 2.75) is 24.8 Å². The molecule has 0 atom stereocenters. The van der Waals surface area contributed by atoms with Crippen molar-refractivity contribution in [2.75, 3.05) is 25.1 Å². The lowest BCUT2D eigenvalue weighted by molar-refractivity contribution is 0.0818. The van der Waals surface area contributed by atoms with Gasteiger partial charge in [-0.3, -0.25) is 0 Å². The minimum absolute atomic E-state index is 0.390. The fourth-order valence-corrected chi connectivity index (χ4v) is 2.74. The SMILES string of the molecule is COC1CCN(c2ncc(Br)cc2CCl)CC1. The minimum atomic E-state index is 0.390. The molecule has 2 rings (SSSR count). The van der Waals surface area contributed by atoms with E-state index in [9.17, 15) is 0 Å². The number of nitrogens with zero attached hydrogens (tertiary/aromatic N) is 2. The van der Waals surface area contributed by atoms with Crippen molar-refractivity contribution >= 4 is 33.3 Å². The Bertz CT molecular complexity index is 381. The van der Waals surface area contributed by atoms with Crippen molar-refractivity contribution in [3.63, 3.8) is 0 Å². The third-order valence-corrected chi connectivity index (χ3v) is 3.85. The largest absolute Gasteiger partial charge is 0.381 e. The minimum Gasteiger partial charge on any atom is -0.381 e. The Kier molecular flexibility index (Phi) is 4.65. The first-order valence-electron chi connectivity index (χ1n) is 5.72.